The molecule has 0 aliphatic carbocycles. The highest BCUT2D eigenvalue weighted by molar-refractivity contribution is 9.10. The van der Waals surface area contributed by atoms with E-state index in [1.54, 1.807) is 24.3 Å². The molecule has 5 heteroatoms. The third kappa shape index (κ3) is 3.11. The highest BCUT2D eigenvalue weighted by atomic mass is 79.9. The van der Waals surface area contributed by atoms with Gasteiger partial charge in [0.25, 0.3) is 0 Å². The summed E-state index contributed by atoms with van der Waals surface area (Å²) < 4.78 is 19.8. The molecule has 0 saturated carbocycles. The number of nitriles is 1. The van der Waals surface area contributed by atoms with Crippen LogP contribution in [0.4, 0.5) is 4.39 Å². The molecule has 3 nitrogen and oxygen atoms in total. The van der Waals surface area contributed by atoms with E-state index in [-0.39, 0.29) is 17.9 Å². The first kappa shape index (κ1) is 13.5. The summed E-state index contributed by atoms with van der Waals surface area (Å²) in [6.45, 7) is -0.187. The number of hydrogen-bond acceptors (Lipinski definition) is 3. The van der Waals surface area contributed by atoms with E-state index in [0.29, 0.717) is 11.3 Å². The molecule has 0 aliphatic rings. The molecule has 0 heterocycles. The van der Waals surface area contributed by atoms with Gasteiger partial charge in [0, 0.05) is 16.1 Å². The second-order valence-electron chi connectivity index (χ2n) is 3.77. The molecule has 0 atom stereocenters. The Labute approximate surface area is 118 Å². The van der Waals surface area contributed by atoms with Gasteiger partial charge in [0.1, 0.15) is 23.4 Å². The van der Waals surface area contributed by atoms with Crippen LogP contribution in [0.15, 0.2) is 40.9 Å². The van der Waals surface area contributed by atoms with Crippen LogP contribution in [-0.4, -0.2) is 5.11 Å². The third-order valence-corrected chi connectivity index (χ3v) is 2.97. The van der Waals surface area contributed by atoms with Crippen LogP contribution in [0.25, 0.3) is 0 Å². The fourth-order valence-electron chi connectivity index (χ4n) is 1.55. The highest BCUT2D eigenvalue weighted by Crippen LogP contribution is 2.29. The highest BCUT2D eigenvalue weighted by Gasteiger charge is 2.08. The molecule has 0 spiro atoms. The van der Waals surface area contributed by atoms with Crippen LogP contribution in [0.2, 0.25) is 0 Å². The fraction of sp³-hybridized carbons (Fsp3) is 0.0714. The van der Waals surface area contributed by atoms with Gasteiger partial charge in [-0.25, -0.2) is 4.39 Å². The summed E-state index contributed by atoms with van der Waals surface area (Å²) >= 11 is 3.29. The minimum Gasteiger partial charge on any atom is -0.457 e. The van der Waals surface area contributed by atoms with Gasteiger partial charge in [-0.1, -0.05) is 15.9 Å². The molecule has 0 aromatic heterocycles. The predicted octanol–water partition coefficient (Wildman–Crippen LogP) is 3.74. The number of halogens is 2. The molecule has 2 rings (SSSR count). The summed E-state index contributed by atoms with van der Waals surface area (Å²) in [5.41, 5.74) is 0.546. The summed E-state index contributed by atoms with van der Waals surface area (Å²) in [4.78, 5) is 0. The van der Waals surface area contributed by atoms with Crippen LogP contribution in [0.3, 0.4) is 0 Å². The predicted molar refractivity (Wildman–Crippen MR) is 71.3 cm³/mol. The Kier molecular flexibility index (Phi) is 4.15. The van der Waals surface area contributed by atoms with Gasteiger partial charge in [-0.2, -0.15) is 5.26 Å². The van der Waals surface area contributed by atoms with Crippen LogP contribution >= 0.6 is 15.9 Å². The summed E-state index contributed by atoms with van der Waals surface area (Å²) in [6.07, 6.45) is 0. The summed E-state index contributed by atoms with van der Waals surface area (Å²) in [7, 11) is 0. The fourth-order valence-corrected chi connectivity index (χ4v) is 1.96. The lowest BCUT2D eigenvalue weighted by Crippen LogP contribution is -1.93. The number of hydrogen-bond donors (Lipinski definition) is 1. The molecule has 2 aromatic rings. The zero-order chi connectivity index (χ0) is 13.8. The van der Waals surface area contributed by atoms with E-state index in [4.69, 9.17) is 10.00 Å². The van der Waals surface area contributed by atoms with Crippen molar-refractivity contribution in [1.82, 2.24) is 0 Å². The molecule has 19 heavy (non-hydrogen) atoms. The van der Waals surface area contributed by atoms with Crippen molar-refractivity contribution in [3.05, 3.63) is 57.8 Å². The van der Waals surface area contributed by atoms with Crippen molar-refractivity contribution in [2.75, 3.05) is 0 Å². The van der Waals surface area contributed by atoms with Crippen molar-refractivity contribution in [1.29, 1.82) is 5.26 Å². The lowest BCUT2D eigenvalue weighted by molar-refractivity contribution is 0.276. The zero-order valence-electron chi connectivity index (χ0n) is 9.73. The minimum absolute atomic E-state index is 0.0365. The minimum atomic E-state index is -0.636. The Morgan fingerprint density at radius 2 is 2.05 bits per heavy atom. The summed E-state index contributed by atoms with van der Waals surface area (Å²) in [5, 5.41) is 17.9. The van der Waals surface area contributed by atoms with Crippen molar-refractivity contribution in [2.45, 2.75) is 6.61 Å². The summed E-state index contributed by atoms with van der Waals surface area (Å²) in [5.74, 6) is 0.0750. The van der Waals surface area contributed by atoms with E-state index in [9.17, 15) is 9.50 Å². The van der Waals surface area contributed by atoms with Gasteiger partial charge in [-0.15, -0.1) is 0 Å². The quantitative estimate of drug-likeness (QED) is 0.936. The van der Waals surface area contributed by atoms with Gasteiger partial charge in [0.2, 0.25) is 0 Å². The van der Waals surface area contributed by atoms with Crippen molar-refractivity contribution in [3.63, 3.8) is 0 Å². The van der Waals surface area contributed by atoms with E-state index in [1.807, 2.05) is 0 Å². The first-order valence-corrected chi connectivity index (χ1v) is 6.20. The second kappa shape index (κ2) is 5.83. The molecule has 0 amide bonds. The van der Waals surface area contributed by atoms with Crippen molar-refractivity contribution >= 4 is 15.9 Å². The van der Waals surface area contributed by atoms with E-state index >= 15 is 0 Å². The molecule has 96 valence electrons. The average molecular weight is 322 g/mol. The molecule has 0 aliphatic heterocycles. The second-order valence-corrected chi connectivity index (χ2v) is 4.68. The topological polar surface area (TPSA) is 53.2 Å². The first-order chi connectivity index (χ1) is 9.13. The average Bonchev–Trinajstić information content (AvgIpc) is 2.41. The standard InChI is InChI=1S/C14H9BrFNO2/c15-11-2-4-14(10(5-11)8-18)19-12-3-1-9(7-17)13(16)6-12/h1-6,18H,8H2. The van der Waals surface area contributed by atoms with Crippen molar-refractivity contribution < 1.29 is 14.2 Å². The maximum atomic E-state index is 13.4. The molecule has 0 radical (unpaired) electrons. The Morgan fingerprint density at radius 3 is 2.68 bits per heavy atom. The third-order valence-electron chi connectivity index (χ3n) is 2.48. The number of ether oxygens (including phenoxy) is 1. The van der Waals surface area contributed by atoms with E-state index in [1.165, 1.54) is 12.1 Å². The van der Waals surface area contributed by atoms with E-state index in [2.05, 4.69) is 15.9 Å². The summed E-state index contributed by atoms with van der Waals surface area (Å²) in [6, 6.07) is 10.9. The Morgan fingerprint density at radius 1 is 1.26 bits per heavy atom. The maximum absolute atomic E-state index is 13.4. The molecule has 0 bridgehead atoms. The van der Waals surface area contributed by atoms with Crippen molar-refractivity contribution in [2.24, 2.45) is 0 Å². The lowest BCUT2D eigenvalue weighted by Gasteiger charge is -2.10. The number of aliphatic hydroxyl groups is 1. The molecule has 0 saturated heterocycles. The smallest absolute Gasteiger partial charge is 0.144 e. The van der Waals surface area contributed by atoms with Crippen molar-refractivity contribution in [3.8, 4) is 17.6 Å². The Balaban J connectivity index is 2.31. The van der Waals surface area contributed by atoms with Crippen LogP contribution in [-0.2, 0) is 6.61 Å². The number of rotatable bonds is 3. The van der Waals surface area contributed by atoms with Gasteiger partial charge in [-0.05, 0) is 30.3 Å². The number of aliphatic hydroxyl groups excluding tert-OH is 1. The molecule has 0 fully saturated rings. The lowest BCUT2D eigenvalue weighted by atomic mass is 10.2. The van der Waals surface area contributed by atoms with Crippen LogP contribution in [0.1, 0.15) is 11.1 Å². The van der Waals surface area contributed by atoms with Gasteiger partial charge in [-0.3, -0.25) is 0 Å². The first-order valence-electron chi connectivity index (χ1n) is 5.41. The Bertz CT molecular complexity index is 652. The monoisotopic (exact) mass is 321 g/mol. The van der Waals surface area contributed by atoms with E-state index in [0.717, 1.165) is 10.5 Å². The van der Waals surface area contributed by atoms with Crippen LogP contribution in [0, 0.1) is 17.1 Å². The zero-order valence-corrected chi connectivity index (χ0v) is 11.3. The largest absolute Gasteiger partial charge is 0.457 e. The molecule has 1 N–H and O–H groups in total. The van der Waals surface area contributed by atoms with E-state index < -0.39 is 5.82 Å². The van der Waals surface area contributed by atoms with Gasteiger partial charge in [0.05, 0.1) is 12.2 Å². The maximum Gasteiger partial charge on any atom is 0.144 e. The van der Waals surface area contributed by atoms with Gasteiger partial charge < -0.3 is 9.84 Å². The molecular weight excluding hydrogens is 313 g/mol. The number of benzene rings is 2. The number of nitrogens with zero attached hydrogens (tertiary/aromatic N) is 1. The molecule has 0 unspecified atom stereocenters. The SMILES string of the molecule is N#Cc1ccc(Oc2ccc(Br)cc2CO)cc1F. The van der Waals surface area contributed by atoms with Crippen LogP contribution in [0.5, 0.6) is 11.5 Å². The van der Waals surface area contributed by atoms with Gasteiger partial charge >= 0.3 is 0 Å². The van der Waals surface area contributed by atoms with Gasteiger partial charge in [0.15, 0.2) is 0 Å². The Hall–Kier alpha value is -1.90. The van der Waals surface area contributed by atoms with Crippen LogP contribution < -0.4 is 4.74 Å². The molecular formula is C14H9BrFNO2. The molecule has 2 aromatic carbocycles. The normalized spacial score (nSPS) is 10.0.